The number of carbonyl (C=O) groups excluding carboxylic acids is 2. The Kier molecular flexibility index (Phi) is 7.99. The van der Waals surface area contributed by atoms with Gasteiger partial charge in [-0.2, -0.15) is 0 Å². The van der Waals surface area contributed by atoms with E-state index < -0.39 is 11.8 Å². The molecule has 3 aromatic rings. The van der Waals surface area contributed by atoms with E-state index in [2.05, 4.69) is 15.5 Å². The number of hydrogen-bond donors (Lipinski definition) is 2. The largest absolute Gasteiger partial charge is 0.497 e. The van der Waals surface area contributed by atoms with E-state index in [0.29, 0.717) is 43.4 Å². The van der Waals surface area contributed by atoms with Crippen LogP contribution in [-0.2, 0) is 16.1 Å². The first-order valence-corrected chi connectivity index (χ1v) is 11.5. The molecule has 1 aromatic heterocycles. The number of rotatable bonds is 8. The SMILES string of the molecule is COc1cccc(CNC(=O)C(=O)NCC(c2ccco2)N2CCN(c3ccccc3F)CC2)c1. The van der Waals surface area contributed by atoms with Gasteiger partial charge in [-0.3, -0.25) is 14.5 Å². The number of para-hydroxylation sites is 1. The molecule has 2 aromatic carbocycles. The van der Waals surface area contributed by atoms with Gasteiger partial charge in [-0.05, 0) is 42.0 Å². The van der Waals surface area contributed by atoms with Crippen LogP contribution in [0.3, 0.4) is 0 Å². The Balaban J connectivity index is 1.32. The van der Waals surface area contributed by atoms with Crippen molar-refractivity contribution in [1.29, 1.82) is 0 Å². The van der Waals surface area contributed by atoms with E-state index in [0.717, 1.165) is 5.56 Å². The van der Waals surface area contributed by atoms with Gasteiger partial charge in [-0.1, -0.05) is 24.3 Å². The first kappa shape index (κ1) is 24.3. The van der Waals surface area contributed by atoms with Gasteiger partial charge in [0, 0.05) is 39.3 Å². The van der Waals surface area contributed by atoms with Crippen LogP contribution in [0.25, 0.3) is 0 Å². The topological polar surface area (TPSA) is 87.0 Å². The molecule has 1 saturated heterocycles. The van der Waals surface area contributed by atoms with Crippen molar-refractivity contribution < 1.29 is 23.1 Å². The minimum absolute atomic E-state index is 0.207. The molecule has 0 spiro atoms. The molecule has 9 heteroatoms. The molecular formula is C26H29FN4O4. The van der Waals surface area contributed by atoms with E-state index in [1.807, 2.05) is 35.2 Å². The highest BCUT2D eigenvalue weighted by Crippen LogP contribution is 2.25. The summed E-state index contributed by atoms with van der Waals surface area (Å²) in [7, 11) is 1.57. The van der Waals surface area contributed by atoms with Crippen LogP contribution in [0.15, 0.2) is 71.3 Å². The molecule has 1 atom stereocenters. The Morgan fingerprint density at radius 1 is 1.00 bits per heavy atom. The summed E-state index contributed by atoms with van der Waals surface area (Å²) in [5.41, 5.74) is 1.41. The number of anilines is 1. The van der Waals surface area contributed by atoms with E-state index in [4.69, 9.17) is 9.15 Å². The van der Waals surface area contributed by atoms with E-state index in [1.165, 1.54) is 6.07 Å². The highest BCUT2D eigenvalue weighted by atomic mass is 19.1. The predicted molar refractivity (Wildman–Crippen MR) is 129 cm³/mol. The molecule has 1 aliphatic heterocycles. The van der Waals surface area contributed by atoms with E-state index >= 15 is 0 Å². The molecule has 2 heterocycles. The molecule has 35 heavy (non-hydrogen) atoms. The average molecular weight is 481 g/mol. The summed E-state index contributed by atoms with van der Waals surface area (Å²) < 4.78 is 25.0. The smallest absolute Gasteiger partial charge is 0.309 e. The number of ether oxygens (including phenoxy) is 1. The maximum Gasteiger partial charge on any atom is 0.309 e. The fraction of sp³-hybridized carbons (Fsp3) is 0.308. The molecule has 1 fully saturated rings. The second-order valence-corrected chi connectivity index (χ2v) is 8.25. The van der Waals surface area contributed by atoms with E-state index in [9.17, 15) is 14.0 Å². The standard InChI is InChI=1S/C26H29FN4O4/c1-34-20-7-4-6-19(16-20)17-28-25(32)26(33)29-18-23(24-10-5-15-35-24)31-13-11-30(12-14-31)22-9-3-2-8-21(22)27/h2-10,15-16,23H,11-14,17-18H2,1H3,(H,28,32)(H,29,33). The van der Waals surface area contributed by atoms with Gasteiger partial charge >= 0.3 is 11.8 Å². The zero-order valence-corrected chi connectivity index (χ0v) is 19.6. The molecule has 1 unspecified atom stereocenters. The second kappa shape index (κ2) is 11.5. The van der Waals surface area contributed by atoms with Gasteiger partial charge in [-0.25, -0.2) is 4.39 Å². The maximum absolute atomic E-state index is 14.2. The monoisotopic (exact) mass is 480 g/mol. The van der Waals surface area contributed by atoms with Crippen LogP contribution in [0.4, 0.5) is 10.1 Å². The highest BCUT2D eigenvalue weighted by molar-refractivity contribution is 6.35. The van der Waals surface area contributed by atoms with E-state index in [-0.39, 0.29) is 24.9 Å². The van der Waals surface area contributed by atoms with Crippen LogP contribution >= 0.6 is 0 Å². The summed E-state index contributed by atoms with van der Waals surface area (Å²) in [5, 5.41) is 5.36. The number of nitrogens with zero attached hydrogens (tertiary/aromatic N) is 2. The molecular weight excluding hydrogens is 451 g/mol. The van der Waals surface area contributed by atoms with Crippen LogP contribution in [0, 0.1) is 5.82 Å². The van der Waals surface area contributed by atoms with Crippen molar-refractivity contribution in [3.8, 4) is 5.75 Å². The quantitative estimate of drug-likeness (QED) is 0.482. The lowest BCUT2D eigenvalue weighted by Crippen LogP contribution is -2.51. The van der Waals surface area contributed by atoms with E-state index in [1.54, 1.807) is 37.6 Å². The molecule has 0 radical (unpaired) electrons. The summed E-state index contributed by atoms with van der Waals surface area (Å²) in [6, 6.07) is 17.4. The number of benzene rings is 2. The predicted octanol–water partition coefficient (Wildman–Crippen LogP) is 2.72. The Bertz CT molecular complexity index is 1130. The number of methoxy groups -OCH3 is 1. The molecule has 1 aliphatic rings. The third kappa shape index (κ3) is 6.19. The fourth-order valence-electron chi connectivity index (χ4n) is 4.19. The lowest BCUT2D eigenvalue weighted by molar-refractivity contribution is -0.139. The highest BCUT2D eigenvalue weighted by Gasteiger charge is 2.28. The molecule has 184 valence electrons. The zero-order valence-electron chi connectivity index (χ0n) is 19.6. The Labute approximate surface area is 203 Å². The molecule has 0 aliphatic carbocycles. The van der Waals surface area contributed by atoms with Crippen molar-refractivity contribution >= 4 is 17.5 Å². The molecule has 8 nitrogen and oxygen atoms in total. The molecule has 2 N–H and O–H groups in total. The lowest BCUT2D eigenvalue weighted by Gasteiger charge is -2.39. The number of piperazine rings is 1. The van der Waals surface area contributed by atoms with Gasteiger partial charge in [0.2, 0.25) is 0 Å². The minimum atomic E-state index is -0.713. The number of furan rings is 1. The van der Waals surface area contributed by atoms with Crippen LogP contribution < -0.4 is 20.3 Å². The van der Waals surface area contributed by atoms with Crippen LogP contribution in [-0.4, -0.2) is 56.5 Å². The minimum Gasteiger partial charge on any atom is -0.497 e. The third-order valence-corrected chi connectivity index (χ3v) is 6.07. The summed E-state index contributed by atoms with van der Waals surface area (Å²) in [4.78, 5) is 29.0. The first-order chi connectivity index (χ1) is 17.0. The molecule has 0 saturated carbocycles. The van der Waals surface area contributed by atoms with Crippen LogP contribution in [0.5, 0.6) is 5.75 Å². The number of hydrogen-bond acceptors (Lipinski definition) is 6. The zero-order chi connectivity index (χ0) is 24.6. The van der Waals surface area contributed by atoms with Crippen molar-refractivity contribution in [3.05, 3.63) is 84.1 Å². The van der Waals surface area contributed by atoms with Crippen molar-refractivity contribution in [3.63, 3.8) is 0 Å². The molecule has 0 bridgehead atoms. The number of amides is 2. The van der Waals surface area contributed by atoms with Crippen molar-refractivity contribution in [1.82, 2.24) is 15.5 Å². The van der Waals surface area contributed by atoms with Crippen molar-refractivity contribution in [2.75, 3.05) is 44.7 Å². The summed E-state index contributed by atoms with van der Waals surface area (Å²) in [5.74, 6) is -0.292. The van der Waals surface area contributed by atoms with Gasteiger partial charge in [0.1, 0.15) is 17.3 Å². The summed E-state index contributed by atoms with van der Waals surface area (Å²) >= 11 is 0. The van der Waals surface area contributed by atoms with Gasteiger partial charge in [0.05, 0.1) is 25.1 Å². The summed E-state index contributed by atoms with van der Waals surface area (Å²) in [6.07, 6.45) is 1.58. The number of carbonyl (C=O) groups is 2. The number of nitrogens with one attached hydrogen (secondary N) is 2. The lowest BCUT2D eigenvalue weighted by atomic mass is 10.1. The average Bonchev–Trinajstić information content (AvgIpc) is 3.43. The maximum atomic E-state index is 14.2. The van der Waals surface area contributed by atoms with Gasteiger partial charge < -0.3 is 24.7 Å². The van der Waals surface area contributed by atoms with Crippen molar-refractivity contribution in [2.24, 2.45) is 0 Å². The van der Waals surface area contributed by atoms with Gasteiger partial charge in [-0.15, -0.1) is 0 Å². The van der Waals surface area contributed by atoms with Gasteiger partial charge in [0.15, 0.2) is 0 Å². The first-order valence-electron chi connectivity index (χ1n) is 11.5. The third-order valence-electron chi connectivity index (χ3n) is 6.07. The molecule has 2 amide bonds. The Hall–Kier alpha value is -3.85. The van der Waals surface area contributed by atoms with Crippen LogP contribution in [0.2, 0.25) is 0 Å². The van der Waals surface area contributed by atoms with Gasteiger partial charge in [0.25, 0.3) is 0 Å². The molecule has 4 rings (SSSR count). The normalized spacial score (nSPS) is 14.9. The van der Waals surface area contributed by atoms with Crippen LogP contribution in [0.1, 0.15) is 17.4 Å². The Morgan fingerprint density at radius 3 is 2.49 bits per heavy atom. The van der Waals surface area contributed by atoms with Crippen molar-refractivity contribution in [2.45, 2.75) is 12.6 Å². The number of halogens is 1. The second-order valence-electron chi connectivity index (χ2n) is 8.25. The fourth-order valence-corrected chi connectivity index (χ4v) is 4.19. The summed E-state index contributed by atoms with van der Waals surface area (Å²) in [6.45, 7) is 2.98. The Morgan fingerprint density at radius 2 is 1.77 bits per heavy atom.